The fourth-order valence-electron chi connectivity index (χ4n) is 2.02. The van der Waals surface area contributed by atoms with Crippen LogP contribution in [0.4, 0.5) is 0 Å². The zero-order valence-corrected chi connectivity index (χ0v) is 14.1. The van der Waals surface area contributed by atoms with Gasteiger partial charge in [0.1, 0.15) is 27.9 Å². The van der Waals surface area contributed by atoms with Crippen molar-refractivity contribution in [3.63, 3.8) is 0 Å². The van der Waals surface area contributed by atoms with E-state index < -0.39 is 5.97 Å². The first-order valence-electron chi connectivity index (χ1n) is 6.85. The number of ether oxygens (including phenoxy) is 1. The molecule has 0 bridgehead atoms. The molecule has 118 valence electrons. The van der Waals surface area contributed by atoms with Crippen molar-refractivity contribution in [3.8, 4) is 10.6 Å². The summed E-state index contributed by atoms with van der Waals surface area (Å²) in [6, 6.07) is 9.08. The number of halogens is 1. The molecule has 0 aliphatic rings. The van der Waals surface area contributed by atoms with Gasteiger partial charge < -0.3 is 9.26 Å². The lowest BCUT2D eigenvalue weighted by Crippen LogP contribution is -2.05. The molecule has 2 aromatic heterocycles. The maximum atomic E-state index is 12.2. The second-order valence-electron chi connectivity index (χ2n) is 4.95. The Kier molecular flexibility index (Phi) is 4.45. The van der Waals surface area contributed by atoms with Crippen molar-refractivity contribution < 1.29 is 14.1 Å². The lowest BCUT2D eigenvalue weighted by molar-refractivity contribution is 0.0469. The highest BCUT2D eigenvalue weighted by Crippen LogP contribution is 2.30. The summed E-state index contributed by atoms with van der Waals surface area (Å²) in [6.45, 7) is 3.63. The molecule has 5 nitrogen and oxygen atoms in total. The molecule has 2 heterocycles. The molecular formula is C16H13ClN2O3S. The molecule has 0 radical (unpaired) electrons. The minimum Gasteiger partial charge on any atom is -0.455 e. The topological polar surface area (TPSA) is 65.2 Å². The Labute approximate surface area is 141 Å². The van der Waals surface area contributed by atoms with Crippen molar-refractivity contribution in [2.45, 2.75) is 20.5 Å². The number of benzene rings is 1. The van der Waals surface area contributed by atoms with E-state index in [9.17, 15) is 4.79 Å². The molecular weight excluding hydrogens is 336 g/mol. The number of thiazole rings is 1. The number of aromatic nitrogens is 2. The van der Waals surface area contributed by atoms with Gasteiger partial charge in [-0.1, -0.05) is 28.9 Å². The highest BCUT2D eigenvalue weighted by molar-refractivity contribution is 7.17. The van der Waals surface area contributed by atoms with Crippen LogP contribution in [0.5, 0.6) is 0 Å². The van der Waals surface area contributed by atoms with Gasteiger partial charge in [0.05, 0.1) is 5.69 Å². The molecule has 0 aliphatic heterocycles. The van der Waals surface area contributed by atoms with E-state index >= 15 is 0 Å². The molecule has 3 aromatic rings. The van der Waals surface area contributed by atoms with Crippen LogP contribution in [-0.4, -0.2) is 16.1 Å². The van der Waals surface area contributed by atoms with Crippen LogP contribution in [0.2, 0.25) is 5.02 Å². The van der Waals surface area contributed by atoms with Gasteiger partial charge in [-0.05, 0) is 26.0 Å². The van der Waals surface area contributed by atoms with Crippen LogP contribution in [-0.2, 0) is 11.3 Å². The first-order valence-corrected chi connectivity index (χ1v) is 8.05. The van der Waals surface area contributed by atoms with Gasteiger partial charge in [0.2, 0.25) is 0 Å². The number of hydrogen-bond acceptors (Lipinski definition) is 6. The SMILES string of the molecule is Cc1cc(COC(=O)c2sc(-c3cccc(Cl)c3)nc2C)no1. The molecule has 7 heteroatoms. The van der Waals surface area contributed by atoms with E-state index in [0.29, 0.717) is 27.0 Å². The lowest BCUT2D eigenvalue weighted by atomic mass is 10.2. The van der Waals surface area contributed by atoms with Gasteiger partial charge in [0, 0.05) is 16.7 Å². The fourth-order valence-corrected chi connectivity index (χ4v) is 3.17. The highest BCUT2D eigenvalue weighted by atomic mass is 35.5. The Morgan fingerprint density at radius 1 is 1.35 bits per heavy atom. The van der Waals surface area contributed by atoms with E-state index in [1.807, 2.05) is 18.2 Å². The van der Waals surface area contributed by atoms with Crippen LogP contribution in [0.1, 0.15) is 26.8 Å². The predicted octanol–water partition coefficient (Wildman–Crippen LogP) is 4.43. The van der Waals surface area contributed by atoms with Crippen LogP contribution in [0.3, 0.4) is 0 Å². The Morgan fingerprint density at radius 3 is 2.87 bits per heavy atom. The molecule has 0 aliphatic carbocycles. The maximum Gasteiger partial charge on any atom is 0.350 e. The summed E-state index contributed by atoms with van der Waals surface area (Å²) in [4.78, 5) is 17.1. The number of carbonyl (C=O) groups is 1. The van der Waals surface area contributed by atoms with E-state index in [-0.39, 0.29) is 6.61 Å². The predicted molar refractivity (Wildman–Crippen MR) is 87.7 cm³/mol. The molecule has 0 saturated heterocycles. The van der Waals surface area contributed by atoms with Gasteiger partial charge in [-0.15, -0.1) is 11.3 Å². The molecule has 0 saturated carbocycles. The van der Waals surface area contributed by atoms with E-state index in [1.165, 1.54) is 11.3 Å². The van der Waals surface area contributed by atoms with Gasteiger partial charge in [-0.3, -0.25) is 0 Å². The molecule has 0 atom stereocenters. The van der Waals surface area contributed by atoms with Crippen LogP contribution in [0, 0.1) is 13.8 Å². The molecule has 3 rings (SSSR count). The van der Waals surface area contributed by atoms with E-state index in [1.54, 1.807) is 26.0 Å². The average molecular weight is 349 g/mol. The fraction of sp³-hybridized carbons (Fsp3) is 0.188. The first kappa shape index (κ1) is 15.7. The summed E-state index contributed by atoms with van der Waals surface area (Å²) in [6.07, 6.45) is 0. The Morgan fingerprint density at radius 2 is 2.17 bits per heavy atom. The van der Waals surface area contributed by atoms with Crippen LogP contribution in [0.15, 0.2) is 34.9 Å². The summed E-state index contributed by atoms with van der Waals surface area (Å²) in [5.41, 5.74) is 2.08. The Hall–Kier alpha value is -2.18. The molecule has 0 unspecified atom stereocenters. The minimum atomic E-state index is -0.422. The van der Waals surface area contributed by atoms with Gasteiger partial charge in [0.25, 0.3) is 0 Å². The molecule has 1 aromatic carbocycles. The van der Waals surface area contributed by atoms with Crippen molar-refractivity contribution in [1.82, 2.24) is 10.1 Å². The third-order valence-corrected chi connectivity index (χ3v) is 4.50. The van der Waals surface area contributed by atoms with Crippen molar-refractivity contribution in [2.24, 2.45) is 0 Å². The number of hydrogen-bond donors (Lipinski definition) is 0. The van der Waals surface area contributed by atoms with Crippen molar-refractivity contribution >= 4 is 28.9 Å². The van der Waals surface area contributed by atoms with E-state index in [4.69, 9.17) is 20.9 Å². The minimum absolute atomic E-state index is 0.0695. The quantitative estimate of drug-likeness (QED) is 0.653. The molecule has 0 spiro atoms. The number of esters is 1. The second-order valence-corrected chi connectivity index (χ2v) is 6.38. The van der Waals surface area contributed by atoms with Gasteiger partial charge in [0.15, 0.2) is 0 Å². The number of carbonyl (C=O) groups excluding carboxylic acids is 1. The standard InChI is InChI=1S/C16H13ClN2O3S/c1-9-6-13(19-22-9)8-21-16(20)14-10(2)18-15(23-14)11-4-3-5-12(17)7-11/h3-7H,8H2,1-2H3. The summed E-state index contributed by atoms with van der Waals surface area (Å²) in [5.74, 6) is 0.252. The molecule has 23 heavy (non-hydrogen) atoms. The summed E-state index contributed by atoms with van der Waals surface area (Å²) in [7, 11) is 0. The van der Waals surface area contributed by atoms with Gasteiger partial charge in [-0.25, -0.2) is 9.78 Å². The largest absolute Gasteiger partial charge is 0.455 e. The molecule has 0 N–H and O–H groups in total. The number of aryl methyl sites for hydroxylation is 2. The first-order chi connectivity index (χ1) is 11.0. The van der Waals surface area contributed by atoms with E-state index in [0.717, 1.165) is 10.6 Å². The summed E-state index contributed by atoms with van der Waals surface area (Å²) >= 11 is 7.27. The van der Waals surface area contributed by atoms with Crippen molar-refractivity contribution in [2.75, 3.05) is 0 Å². The molecule has 0 amide bonds. The van der Waals surface area contributed by atoms with Gasteiger partial charge in [-0.2, -0.15) is 0 Å². The second kappa shape index (κ2) is 6.52. The van der Waals surface area contributed by atoms with Crippen molar-refractivity contribution in [3.05, 3.63) is 57.4 Å². The zero-order valence-electron chi connectivity index (χ0n) is 12.5. The zero-order chi connectivity index (χ0) is 16.4. The lowest BCUT2D eigenvalue weighted by Gasteiger charge is -2.00. The third kappa shape index (κ3) is 3.60. The van der Waals surface area contributed by atoms with Crippen LogP contribution in [0.25, 0.3) is 10.6 Å². The average Bonchev–Trinajstić information content (AvgIpc) is 3.11. The number of nitrogens with zero attached hydrogens (tertiary/aromatic N) is 2. The monoisotopic (exact) mass is 348 g/mol. The maximum absolute atomic E-state index is 12.2. The number of rotatable bonds is 4. The third-order valence-electron chi connectivity index (χ3n) is 3.08. The smallest absolute Gasteiger partial charge is 0.350 e. The Bertz CT molecular complexity index is 857. The van der Waals surface area contributed by atoms with Crippen molar-refractivity contribution in [1.29, 1.82) is 0 Å². The van der Waals surface area contributed by atoms with Crippen LogP contribution >= 0.6 is 22.9 Å². The molecule has 0 fully saturated rings. The van der Waals surface area contributed by atoms with Gasteiger partial charge >= 0.3 is 5.97 Å². The van der Waals surface area contributed by atoms with Crippen LogP contribution < -0.4 is 0 Å². The van der Waals surface area contributed by atoms with E-state index in [2.05, 4.69) is 10.1 Å². The Balaban J connectivity index is 1.76. The normalized spacial score (nSPS) is 10.7. The highest BCUT2D eigenvalue weighted by Gasteiger charge is 2.18. The summed E-state index contributed by atoms with van der Waals surface area (Å²) < 4.78 is 10.2. The summed E-state index contributed by atoms with van der Waals surface area (Å²) in [5, 5.41) is 5.14.